The average molecular weight is 266 g/mol. The molecule has 0 amide bonds. The van der Waals surface area contributed by atoms with Gasteiger partial charge in [0.15, 0.2) is 0 Å². The number of hydrogen-bond acceptors (Lipinski definition) is 4. The monoisotopic (exact) mass is 266 g/mol. The molecule has 6 heteroatoms. The van der Waals surface area contributed by atoms with Gasteiger partial charge < -0.3 is 10.4 Å². The van der Waals surface area contributed by atoms with E-state index in [1.54, 1.807) is 32.0 Å². The fourth-order valence-corrected chi connectivity index (χ4v) is 1.92. The first-order valence-electron chi connectivity index (χ1n) is 6.17. The second-order valence-corrected chi connectivity index (χ2v) is 4.42. The minimum Gasteiger partial charge on any atom is -0.481 e. The van der Waals surface area contributed by atoms with Gasteiger partial charge in [0.05, 0.1) is 10.3 Å². The van der Waals surface area contributed by atoms with E-state index in [9.17, 15) is 20.0 Å². The maximum absolute atomic E-state index is 11.3. The van der Waals surface area contributed by atoms with Crippen LogP contribution in [-0.2, 0) is 4.79 Å². The summed E-state index contributed by atoms with van der Waals surface area (Å²) in [6.45, 7) is 3.78. The maximum atomic E-state index is 11.3. The Labute approximate surface area is 111 Å². The summed E-state index contributed by atoms with van der Waals surface area (Å²) < 4.78 is 0. The van der Waals surface area contributed by atoms with Crippen molar-refractivity contribution >= 4 is 17.3 Å². The number of para-hydroxylation sites is 2. The predicted octanol–water partition coefficient (Wildman–Crippen LogP) is 2.90. The first-order valence-corrected chi connectivity index (χ1v) is 6.17. The van der Waals surface area contributed by atoms with E-state index in [0.29, 0.717) is 18.5 Å². The molecule has 2 N–H and O–H groups in total. The molecule has 0 aliphatic heterocycles. The molecule has 1 aromatic carbocycles. The predicted molar refractivity (Wildman–Crippen MR) is 72.2 cm³/mol. The molecule has 19 heavy (non-hydrogen) atoms. The number of anilines is 1. The van der Waals surface area contributed by atoms with Crippen molar-refractivity contribution in [2.45, 2.75) is 26.7 Å². The highest BCUT2D eigenvalue weighted by Crippen LogP contribution is 2.30. The van der Waals surface area contributed by atoms with Crippen molar-refractivity contribution in [1.82, 2.24) is 0 Å². The van der Waals surface area contributed by atoms with Crippen LogP contribution >= 0.6 is 0 Å². The number of rotatable bonds is 7. The van der Waals surface area contributed by atoms with Crippen molar-refractivity contribution in [1.29, 1.82) is 0 Å². The molecule has 0 aromatic heterocycles. The summed E-state index contributed by atoms with van der Waals surface area (Å²) in [6.07, 6.45) is 0.929. The molecule has 1 rings (SSSR count). The maximum Gasteiger partial charge on any atom is 0.311 e. The van der Waals surface area contributed by atoms with Crippen LogP contribution in [0, 0.1) is 15.5 Å². The largest absolute Gasteiger partial charge is 0.481 e. The standard InChI is InChI=1S/C13H18N2O4/c1-3-13(4-2,12(16)17)9-14-10-7-5-6-8-11(10)15(18)19/h5-8,14H,3-4,9H2,1-2H3,(H,16,17). The zero-order chi connectivity index (χ0) is 14.5. The Morgan fingerprint density at radius 2 is 1.95 bits per heavy atom. The molecular weight excluding hydrogens is 248 g/mol. The first-order chi connectivity index (χ1) is 8.96. The molecular formula is C13H18N2O4. The number of nitro benzene ring substituents is 1. The highest BCUT2D eigenvalue weighted by Gasteiger charge is 2.35. The van der Waals surface area contributed by atoms with E-state index in [2.05, 4.69) is 5.32 Å². The number of nitrogens with zero attached hydrogens (tertiary/aromatic N) is 1. The lowest BCUT2D eigenvalue weighted by Crippen LogP contribution is -2.36. The van der Waals surface area contributed by atoms with E-state index in [1.165, 1.54) is 6.07 Å². The highest BCUT2D eigenvalue weighted by atomic mass is 16.6. The molecule has 0 spiro atoms. The molecule has 0 fully saturated rings. The minimum absolute atomic E-state index is 0.0472. The third kappa shape index (κ3) is 3.21. The van der Waals surface area contributed by atoms with Crippen LogP contribution in [0.25, 0.3) is 0 Å². The van der Waals surface area contributed by atoms with Crippen LogP contribution in [0.4, 0.5) is 11.4 Å². The summed E-state index contributed by atoms with van der Waals surface area (Å²) in [6, 6.07) is 6.22. The van der Waals surface area contributed by atoms with Gasteiger partial charge >= 0.3 is 5.97 Å². The Bertz CT molecular complexity index is 469. The van der Waals surface area contributed by atoms with Gasteiger partial charge in [0.2, 0.25) is 0 Å². The third-order valence-corrected chi connectivity index (χ3v) is 3.53. The summed E-state index contributed by atoms with van der Waals surface area (Å²) in [4.78, 5) is 21.7. The molecule has 0 unspecified atom stereocenters. The van der Waals surface area contributed by atoms with Gasteiger partial charge in [0.25, 0.3) is 5.69 Å². The number of nitrogens with one attached hydrogen (secondary N) is 1. The number of benzene rings is 1. The van der Waals surface area contributed by atoms with Crippen LogP contribution in [0.5, 0.6) is 0 Å². The Morgan fingerprint density at radius 3 is 2.42 bits per heavy atom. The molecule has 104 valence electrons. The number of carbonyl (C=O) groups is 1. The van der Waals surface area contributed by atoms with Crippen molar-refractivity contribution in [2.75, 3.05) is 11.9 Å². The van der Waals surface area contributed by atoms with Gasteiger partial charge in [-0.25, -0.2) is 0 Å². The van der Waals surface area contributed by atoms with Gasteiger partial charge in [-0.15, -0.1) is 0 Å². The van der Waals surface area contributed by atoms with Crippen LogP contribution in [0.2, 0.25) is 0 Å². The summed E-state index contributed by atoms with van der Waals surface area (Å²) >= 11 is 0. The van der Waals surface area contributed by atoms with Gasteiger partial charge in [0, 0.05) is 12.6 Å². The smallest absolute Gasteiger partial charge is 0.311 e. The van der Waals surface area contributed by atoms with Gasteiger partial charge in [0.1, 0.15) is 5.69 Å². The molecule has 0 aliphatic rings. The lowest BCUT2D eigenvalue weighted by molar-refractivity contribution is -0.384. The number of carboxylic acid groups (broad SMARTS) is 1. The van der Waals surface area contributed by atoms with E-state index in [-0.39, 0.29) is 12.2 Å². The van der Waals surface area contributed by atoms with Crippen molar-refractivity contribution in [3.63, 3.8) is 0 Å². The topological polar surface area (TPSA) is 92.5 Å². The van der Waals surface area contributed by atoms with E-state index in [4.69, 9.17) is 0 Å². The summed E-state index contributed by atoms with van der Waals surface area (Å²) in [5.41, 5.74) is -0.599. The minimum atomic E-state index is -0.899. The van der Waals surface area contributed by atoms with E-state index >= 15 is 0 Å². The van der Waals surface area contributed by atoms with Gasteiger partial charge in [-0.2, -0.15) is 0 Å². The molecule has 0 atom stereocenters. The second kappa shape index (κ2) is 6.17. The molecule has 6 nitrogen and oxygen atoms in total. The molecule has 0 saturated heterocycles. The lowest BCUT2D eigenvalue weighted by Gasteiger charge is -2.27. The Balaban J connectivity index is 2.92. The van der Waals surface area contributed by atoms with Crippen molar-refractivity contribution in [3.05, 3.63) is 34.4 Å². The van der Waals surface area contributed by atoms with E-state index in [1.807, 2.05) is 0 Å². The van der Waals surface area contributed by atoms with E-state index in [0.717, 1.165) is 0 Å². The SMILES string of the molecule is CCC(CC)(CNc1ccccc1[N+](=O)[O-])C(=O)O. The second-order valence-electron chi connectivity index (χ2n) is 4.42. The Morgan fingerprint density at radius 1 is 1.37 bits per heavy atom. The Hall–Kier alpha value is -2.11. The zero-order valence-corrected chi connectivity index (χ0v) is 11.0. The number of carboxylic acids is 1. The third-order valence-electron chi connectivity index (χ3n) is 3.53. The van der Waals surface area contributed by atoms with Crippen LogP contribution in [-0.4, -0.2) is 22.5 Å². The van der Waals surface area contributed by atoms with E-state index < -0.39 is 16.3 Å². The van der Waals surface area contributed by atoms with Crippen LogP contribution in [0.1, 0.15) is 26.7 Å². The van der Waals surface area contributed by atoms with Gasteiger partial charge in [-0.3, -0.25) is 14.9 Å². The Kier molecular flexibility index (Phi) is 4.86. The number of nitro groups is 1. The number of aliphatic carboxylic acids is 1. The molecule has 1 aromatic rings. The molecule has 0 radical (unpaired) electrons. The highest BCUT2D eigenvalue weighted by molar-refractivity contribution is 5.75. The van der Waals surface area contributed by atoms with Crippen LogP contribution in [0.3, 0.4) is 0 Å². The first kappa shape index (κ1) is 14.9. The molecule has 0 heterocycles. The molecule has 0 saturated carbocycles. The number of hydrogen-bond donors (Lipinski definition) is 2. The van der Waals surface area contributed by atoms with Crippen molar-refractivity contribution < 1.29 is 14.8 Å². The lowest BCUT2D eigenvalue weighted by atomic mass is 9.82. The van der Waals surface area contributed by atoms with Crippen molar-refractivity contribution in [3.8, 4) is 0 Å². The average Bonchev–Trinajstić information content (AvgIpc) is 2.40. The van der Waals surface area contributed by atoms with Gasteiger partial charge in [-0.05, 0) is 18.9 Å². The summed E-state index contributed by atoms with van der Waals surface area (Å²) in [5, 5.41) is 23.1. The molecule has 0 bridgehead atoms. The van der Waals surface area contributed by atoms with Gasteiger partial charge in [-0.1, -0.05) is 26.0 Å². The normalized spacial score (nSPS) is 11.1. The summed E-state index contributed by atoms with van der Waals surface area (Å²) in [7, 11) is 0. The van der Waals surface area contributed by atoms with Crippen LogP contribution < -0.4 is 5.32 Å². The molecule has 0 aliphatic carbocycles. The fraction of sp³-hybridized carbons (Fsp3) is 0.462. The fourth-order valence-electron chi connectivity index (χ4n) is 1.92. The summed E-state index contributed by atoms with van der Waals surface area (Å²) in [5.74, 6) is -0.886. The quantitative estimate of drug-likeness (QED) is 0.584. The zero-order valence-electron chi connectivity index (χ0n) is 11.0. The van der Waals surface area contributed by atoms with Crippen molar-refractivity contribution in [2.24, 2.45) is 5.41 Å². The van der Waals surface area contributed by atoms with Crippen LogP contribution in [0.15, 0.2) is 24.3 Å².